The van der Waals surface area contributed by atoms with Gasteiger partial charge >= 0.3 is 12.1 Å². The van der Waals surface area contributed by atoms with Gasteiger partial charge in [-0.15, -0.1) is 0 Å². The summed E-state index contributed by atoms with van der Waals surface area (Å²) in [4.78, 5) is 40.9. The number of piperidine rings is 1. The normalized spacial score (nSPS) is 22.1. The first-order valence-electron chi connectivity index (χ1n) is 14.2. The molecule has 3 aromatic rings. The van der Waals surface area contributed by atoms with Crippen molar-refractivity contribution in [2.24, 2.45) is 5.92 Å². The van der Waals surface area contributed by atoms with Gasteiger partial charge in [-0.25, -0.2) is 9.59 Å². The first-order valence-corrected chi connectivity index (χ1v) is 14.2. The Hall–Kier alpha value is -4.17. The lowest BCUT2D eigenvalue weighted by molar-refractivity contribution is -0.157. The summed E-state index contributed by atoms with van der Waals surface area (Å²) in [6, 6.07) is 24.6. The van der Waals surface area contributed by atoms with Gasteiger partial charge in [0.15, 0.2) is 0 Å². The van der Waals surface area contributed by atoms with Crippen molar-refractivity contribution < 1.29 is 29.0 Å². The van der Waals surface area contributed by atoms with Crippen LogP contribution < -0.4 is 5.32 Å². The van der Waals surface area contributed by atoms with E-state index in [1.54, 1.807) is 6.92 Å². The molecule has 1 saturated carbocycles. The highest BCUT2D eigenvalue weighted by Gasteiger charge is 2.67. The number of amides is 2. The van der Waals surface area contributed by atoms with Gasteiger partial charge in [0.05, 0.1) is 12.7 Å². The van der Waals surface area contributed by atoms with Crippen LogP contribution in [0.1, 0.15) is 48.8 Å². The van der Waals surface area contributed by atoms with Crippen LogP contribution in [0.3, 0.4) is 0 Å². The maximum absolute atomic E-state index is 13.9. The van der Waals surface area contributed by atoms with Crippen LogP contribution in [0.4, 0.5) is 4.79 Å². The molecule has 2 aliphatic carbocycles. The Labute approximate surface area is 239 Å². The third kappa shape index (κ3) is 4.97. The smallest absolute Gasteiger partial charge is 0.407 e. The number of carboxylic acid groups (broad SMARTS) is 1. The van der Waals surface area contributed by atoms with E-state index >= 15 is 0 Å². The number of fused-ring (bicyclic) bond motifs is 4. The summed E-state index contributed by atoms with van der Waals surface area (Å²) in [6.45, 7) is 2.39. The van der Waals surface area contributed by atoms with E-state index in [1.165, 1.54) is 4.90 Å². The van der Waals surface area contributed by atoms with Crippen molar-refractivity contribution >= 4 is 18.0 Å². The van der Waals surface area contributed by atoms with Crippen LogP contribution >= 0.6 is 0 Å². The molecular formula is C33H34N2O6. The van der Waals surface area contributed by atoms with Crippen molar-refractivity contribution in [2.45, 2.75) is 56.4 Å². The largest absolute Gasteiger partial charge is 0.479 e. The van der Waals surface area contributed by atoms with Gasteiger partial charge in [0, 0.05) is 12.5 Å². The lowest BCUT2D eigenvalue weighted by Crippen LogP contribution is -2.60. The molecule has 8 heteroatoms. The minimum atomic E-state index is -1.20. The highest BCUT2D eigenvalue weighted by molar-refractivity contribution is 5.94. The van der Waals surface area contributed by atoms with E-state index in [0.717, 1.165) is 40.7 Å². The summed E-state index contributed by atoms with van der Waals surface area (Å²) in [5.74, 6) is -1.64. The van der Waals surface area contributed by atoms with E-state index in [9.17, 15) is 19.5 Å². The fourth-order valence-corrected chi connectivity index (χ4v) is 6.58. The van der Waals surface area contributed by atoms with Crippen LogP contribution in [0.5, 0.6) is 0 Å². The average molecular weight is 555 g/mol. The van der Waals surface area contributed by atoms with Crippen LogP contribution in [-0.2, 0) is 25.7 Å². The molecule has 0 radical (unpaired) electrons. The number of benzene rings is 3. The highest BCUT2D eigenvalue weighted by Crippen LogP contribution is 2.54. The van der Waals surface area contributed by atoms with E-state index < -0.39 is 35.7 Å². The van der Waals surface area contributed by atoms with Crippen LogP contribution in [0.25, 0.3) is 11.1 Å². The van der Waals surface area contributed by atoms with Gasteiger partial charge in [0.2, 0.25) is 5.91 Å². The monoisotopic (exact) mass is 554 g/mol. The minimum Gasteiger partial charge on any atom is -0.479 e. The zero-order valence-electron chi connectivity index (χ0n) is 23.0. The lowest BCUT2D eigenvalue weighted by Gasteiger charge is -2.37. The number of nitrogens with one attached hydrogen (secondary N) is 1. The van der Waals surface area contributed by atoms with Gasteiger partial charge in [0.25, 0.3) is 0 Å². The number of alkyl carbamates (subject to hydrolysis) is 1. The third-order valence-corrected chi connectivity index (χ3v) is 8.83. The first kappa shape index (κ1) is 27.0. The Morgan fingerprint density at radius 3 is 2.27 bits per heavy atom. The van der Waals surface area contributed by atoms with Crippen molar-refractivity contribution in [3.8, 4) is 11.1 Å². The van der Waals surface area contributed by atoms with Gasteiger partial charge in [-0.1, -0.05) is 78.9 Å². The first-order chi connectivity index (χ1) is 19.9. The molecule has 1 aliphatic heterocycles. The van der Waals surface area contributed by atoms with Gasteiger partial charge in [-0.2, -0.15) is 0 Å². The number of carbonyl (C=O) groups is 3. The van der Waals surface area contributed by atoms with Gasteiger partial charge < -0.3 is 24.8 Å². The van der Waals surface area contributed by atoms with E-state index in [4.69, 9.17) is 9.47 Å². The number of nitrogens with zero attached hydrogens (tertiary/aromatic N) is 1. The number of carbonyl (C=O) groups excluding carboxylic acids is 2. The Bertz CT molecular complexity index is 1410. The minimum absolute atomic E-state index is 0.0617. The number of hydrogen-bond acceptors (Lipinski definition) is 5. The number of rotatable bonds is 9. The number of likely N-dealkylation sites (tertiary alicyclic amines) is 1. The molecule has 8 nitrogen and oxygen atoms in total. The zero-order chi connectivity index (χ0) is 28.6. The summed E-state index contributed by atoms with van der Waals surface area (Å²) >= 11 is 0. The quantitative estimate of drug-likeness (QED) is 0.387. The summed E-state index contributed by atoms with van der Waals surface area (Å²) < 4.78 is 11.8. The molecule has 0 aromatic heterocycles. The Morgan fingerprint density at radius 2 is 1.61 bits per heavy atom. The lowest BCUT2D eigenvalue weighted by atomic mass is 9.98. The molecule has 6 rings (SSSR count). The van der Waals surface area contributed by atoms with Gasteiger partial charge in [-0.3, -0.25) is 4.79 Å². The predicted molar refractivity (Wildman–Crippen MR) is 152 cm³/mol. The molecular weight excluding hydrogens is 520 g/mol. The van der Waals surface area contributed by atoms with Crippen molar-refractivity contribution in [3.63, 3.8) is 0 Å². The van der Waals surface area contributed by atoms with E-state index in [2.05, 4.69) is 17.4 Å². The SMILES string of the molecule is CC(OCc1ccccc1)C(NC(=O)OCC1c2ccccc2-c2ccccc21)C(=O)N1CCC[C@@H]2C[C@@]21C(=O)O. The summed E-state index contributed by atoms with van der Waals surface area (Å²) in [6.07, 6.45) is 0.468. The zero-order valence-corrected chi connectivity index (χ0v) is 23.0. The molecule has 1 heterocycles. The maximum atomic E-state index is 13.9. The second kappa shape index (κ2) is 11.0. The standard InChI is InChI=1S/C33H34N2O6/c1-21(40-19-22-10-3-2-4-11-22)29(30(36)35-17-9-12-23-18-33(23,35)31(37)38)34-32(39)41-20-28-26-15-7-5-13-24(26)25-14-6-8-16-27(25)28/h2-8,10-11,13-16,21,23,28-29H,9,12,17-20H2,1H3,(H,34,39)(H,37,38)/t21?,23-,29?,33+/m1/s1. The summed E-state index contributed by atoms with van der Waals surface area (Å²) in [5, 5.41) is 12.8. The maximum Gasteiger partial charge on any atom is 0.407 e. The van der Waals surface area contributed by atoms with Crippen LogP contribution in [0, 0.1) is 5.92 Å². The van der Waals surface area contributed by atoms with Crippen LogP contribution in [-0.4, -0.2) is 58.8 Å². The predicted octanol–water partition coefficient (Wildman–Crippen LogP) is 4.96. The average Bonchev–Trinajstić information content (AvgIpc) is 3.68. The Balaban J connectivity index is 1.19. The van der Waals surface area contributed by atoms with E-state index in [1.807, 2.05) is 66.7 Å². The van der Waals surface area contributed by atoms with Gasteiger partial charge in [-0.05, 0) is 59.9 Å². The summed E-state index contributed by atoms with van der Waals surface area (Å²) in [5.41, 5.74) is 4.15. The van der Waals surface area contributed by atoms with Crippen LogP contribution in [0.15, 0.2) is 78.9 Å². The fourth-order valence-electron chi connectivity index (χ4n) is 6.58. The molecule has 4 atom stereocenters. The fraction of sp³-hybridized carbons (Fsp3) is 0.364. The molecule has 0 spiro atoms. The second-order valence-corrected chi connectivity index (χ2v) is 11.2. The van der Waals surface area contributed by atoms with E-state index in [-0.39, 0.29) is 25.0 Å². The molecule has 2 unspecified atom stereocenters. The van der Waals surface area contributed by atoms with Crippen molar-refractivity contribution in [1.29, 1.82) is 0 Å². The van der Waals surface area contributed by atoms with E-state index in [0.29, 0.717) is 13.0 Å². The van der Waals surface area contributed by atoms with Crippen LogP contribution in [0.2, 0.25) is 0 Å². The molecule has 1 saturated heterocycles. The number of hydrogen-bond donors (Lipinski definition) is 2. The molecule has 2 N–H and O–H groups in total. The highest BCUT2D eigenvalue weighted by atomic mass is 16.5. The number of carboxylic acids is 1. The molecule has 2 amide bonds. The second-order valence-electron chi connectivity index (χ2n) is 11.2. The van der Waals surface area contributed by atoms with Crippen molar-refractivity contribution in [1.82, 2.24) is 10.2 Å². The molecule has 2 fully saturated rings. The Kier molecular flexibility index (Phi) is 7.26. The number of aliphatic carboxylic acids is 1. The van der Waals surface area contributed by atoms with Crippen molar-refractivity contribution in [3.05, 3.63) is 95.6 Å². The molecule has 41 heavy (non-hydrogen) atoms. The molecule has 0 bridgehead atoms. The molecule has 212 valence electrons. The molecule has 3 aliphatic rings. The topological polar surface area (TPSA) is 105 Å². The third-order valence-electron chi connectivity index (χ3n) is 8.83. The molecule has 3 aromatic carbocycles. The number of ether oxygens (including phenoxy) is 2. The van der Waals surface area contributed by atoms with Gasteiger partial charge in [0.1, 0.15) is 18.2 Å². The van der Waals surface area contributed by atoms with Crippen molar-refractivity contribution in [2.75, 3.05) is 13.2 Å². The Morgan fingerprint density at radius 1 is 0.976 bits per heavy atom. The summed E-state index contributed by atoms with van der Waals surface area (Å²) in [7, 11) is 0.